The fraction of sp³-hybridized carbons (Fsp3) is 0.125. The van der Waals surface area contributed by atoms with Gasteiger partial charge in [0.25, 0.3) is 5.69 Å². The second-order valence-electron chi connectivity index (χ2n) is 4.93. The van der Waals surface area contributed by atoms with Crippen LogP contribution in [-0.4, -0.2) is 16.7 Å². The zero-order chi connectivity index (χ0) is 16.8. The highest BCUT2D eigenvalue weighted by Crippen LogP contribution is 2.15. The first kappa shape index (κ1) is 16.2. The molecule has 7 heteroatoms. The number of rotatable bonds is 4. The quantitative estimate of drug-likeness (QED) is 0.513. The van der Waals surface area contributed by atoms with Gasteiger partial charge in [0, 0.05) is 24.4 Å². The minimum absolute atomic E-state index is 0.0909. The number of nitro groups is 1. The Morgan fingerprint density at radius 1 is 1.00 bits per heavy atom. The summed E-state index contributed by atoms with van der Waals surface area (Å²) in [5, 5.41) is 15.4. The van der Waals surface area contributed by atoms with Gasteiger partial charge < -0.3 is 10.6 Å². The number of hydrogen-bond acceptors (Lipinski definition) is 4. The first-order valence-corrected chi connectivity index (χ1v) is 6.85. The van der Waals surface area contributed by atoms with E-state index in [2.05, 4.69) is 10.6 Å². The first-order valence-electron chi connectivity index (χ1n) is 6.85. The van der Waals surface area contributed by atoms with Gasteiger partial charge in [-0.2, -0.15) is 0 Å². The van der Waals surface area contributed by atoms with E-state index in [0.29, 0.717) is 5.69 Å². The summed E-state index contributed by atoms with van der Waals surface area (Å²) in [7, 11) is 0. The van der Waals surface area contributed by atoms with E-state index in [0.717, 1.165) is 11.1 Å². The molecule has 0 aliphatic heterocycles. The molecule has 0 radical (unpaired) electrons. The van der Waals surface area contributed by atoms with Crippen molar-refractivity contribution in [2.75, 3.05) is 5.32 Å². The third-order valence-corrected chi connectivity index (χ3v) is 3.12. The number of non-ortho nitro benzene ring substituents is 1. The largest absolute Gasteiger partial charge is 0.344 e. The van der Waals surface area contributed by atoms with Crippen molar-refractivity contribution in [1.29, 1.82) is 0 Å². The van der Waals surface area contributed by atoms with Gasteiger partial charge in [0.15, 0.2) is 0 Å². The molecule has 0 atom stereocenters. The number of carbonyl (C=O) groups is 2. The van der Waals surface area contributed by atoms with Gasteiger partial charge in [0.05, 0.1) is 4.92 Å². The predicted octanol–water partition coefficient (Wildman–Crippen LogP) is 2.16. The average molecular weight is 313 g/mol. The summed E-state index contributed by atoms with van der Waals surface area (Å²) >= 11 is 0. The summed E-state index contributed by atoms with van der Waals surface area (Å²) in [6.07, 6.45) is 0. The van der Waals surface area contributed by atoms with Crippen molar-refractivity contribution in [2.45, 2.75) is 13.5 Å². The highest BCUT2D eigenvalue weighted by molar-refractivity contribution is 6.39. The van der Waals surface area contributed by atoms with Crippen LogP contribution in [0.2, 0.25) is 0 Å². The number of anilines is 1. The molecule has 118 valence electrons. The highest BCUT2D eigenvalue weighted by atomic mass is 16.6. The SMILES string of the molecule is Cc1ccc(CNC(=O)C(=O)Nc2ccc([N+](=O)[O-])cc2)cc1. The van der Waals surface area contributed by atoms with Crippen LogP contribution in [0.4, 0.5) is 11.4 Å². The summed E-state index contributed by atoms with van der Waals surface area (Å²) in [4.78, 5) is 33.5. The Balaban J connectivity index is 1.88. The maximum Gasteiger partial charge on any atom is 0.313 e. The fourth-order valence-electron chi connectivity index (χ4n) is 1.82. The van der Waals surface area contributed by atoms with Gasteiger partial charge >= 0.3 is 11.8 Å². The van der Waals surface area contributed by atoms with Gasteiger partial charge in [-0.05, 0) is 24.6 Å². The molecule has 0 aromatic heterocycles. The molecule has 0 saturated heterocycles. The zero-order valence-electron chi connectivity index (χ0n) is 12.4. The molecule has 2 amide bonds. The van der Waals surface area contributed by atoms with E-state index in [1.54, 1.807) is 0 Å². The topological polar surface area (TPSA) is 101 Å². The lowest BCUT2D eigenvalue weighted by Crippen LogP contribution is -2.34. The third-order valence-electron chi connectivity index (χ3n) is 3.12. The summed E-state index contributed by atoms with van der Waals surface area (Å²) < 4.78 is 0. The van der Waals surface area contributed by atoms with E-state index in [9.17, 15) is 19.7 Å². The molecule has 0 fully saturated rings. The maximum absolute atomic E-state index is 11.7. The van der Waals surface area contributed by atoms with Crippen LogP contribution >= 0.6 is 0 Å². The molecular weight excluding hydrogens is 298 g/mol. The minimum atomic E-state index is -0.828. The number of nitrogens with zero attached hydrogens (tertiary/aromatic N) is 1. The molecule has 0 aliphatic rings. The number of amides is 2. The van der Waals surface area contributed by atoms with Gasteiger partial charge in [0.2, 0.25) is 0 Å². The standard InChI is InChI=1S/C16H15N3O4/c1-11-2-4-12(5-3-11)10-17-15(20)16(21)18-13-6-8-14(9-7-13)19(22)23/h2-9H,10H2,1H3,(H,17,20)(H,18,21). The lowest BCUT2D eigenvalue weighted by Gasteiger charge is -2.07. The van der Waals surface area contributed by atoms with Crippen LogP contribution in [0.15, 0.2) is 48.5 Å². The van der Waals surface area contributed by atoms with E-state index < -0.39 is 16.7 Å². The molecular formula is C16H15N3O4. The Morgan fingerprint density at radius 3 is 2.17 bits per heavy atom. The van der Waals surface area contributed by atoms with E-state index in [1.165, 1.54) is 24.3 Å². The molecule has 0 unspecified atom stereocenters. The highest BCUT2D eigenvalue weighted by Gasteiger charge is 2.14. The monoisotopic (exact) mass is 313 g/mol. The Labute approximate surface area is 132 Å². The van der Waals surface area contributed by atoms with Gasteiger partial charge in [0.1, 0.15) is 0 Å². The summed E-state index contributed by atoms with van der Waals surface area (Å²) in [6.45, 7) is 2.20. The number of aryl methyl sites for hydroxylation is 1. The Hall–Kier alpha value is -3.22. The van der Waals surface area contributed by atoms with Crippen molar-refractivity contribution in [1.82, 2.24) is 5.32 Å². The number of benzene rings is 2. The van der Waals surface area contributed by atoms with Crippen LogP contribution in [0.1, 0.15) is 11.1 Å². The Kier molecular flexibility index (Phi) is 5.03. The van der Waals surface area contributed by atoms with Crippen LogP contribution in [0.3, 0.4) is 0 Å². The molecule has 2 N–H and O–H groups in total. The van der Waals surface area contributed by atoms with Gasteiger partial charge in [-0.15, -0.1) is 0 Å². The van der Waals surface area contributed by atoms with Crippen molar-refractivity contribution in [3.8, 4) is 0 Å². The number of nitro benzene ring substituents is 1. The molecule has 0 heterocycles. The molecule has 0 saturated carbocycles. The molecule has 2 aromatic carbocycles. The maximum atomic E-state index is 11.7. The van der Waals surface area contributed by atoms with Crippen LogP contribution in [0.25, 0.3) is 0 Å². The van der Waals surface area contributed by atoms with Crippen molar-refractivity contribution >= 4 is 23.2 Å². The second-order valence-corrected chi connectivity index (χ2v) is 4.93. The minimum Gasteiger partial charge on any atom is -0.344 e. The van der Waals surface area contributed by atoms with Gasteiger partial charge in [-0.25, -0.2) is 0 Å². The molecule has 7 nitrogen and oxygen atoms in total. The van der Waals surface area contributed by atoms with Crippen LogP contribution < -0.4 is 10.6 Å². The second kappa shape index (κ2) is 7.17. The molecule has 2 rings (SSSR count). The van der Waals surface area contributed by atoms with Crippen LogP contribution in [0, 0.1) is 17.0 Å². The summed E-state index contributed by atoms with van der Waals surface area (Å²) in [5.74, 6) is -1.60. The predicted molar refractivity (Wildman–Crippen MR) is 84.8 cm³/mol. The van der Waals surface area contributed by atoms with E-state index >= 15 is 0 Å². The van der Waals surface area contributed by atoms with Crippen LogP contribution in [0.5, 0.6) is 0 Å². The average Bonchev–Trinajstić information content (AvgIpc) is 2.54. The van der Waals surface area contributed by atoms with Gasteiger partial charge in [-0.1, -0.05) is 29.8 Å². The molecule has 0 bridgehead atoms. The zero-order valence-corrected chi connectivity index (χ0v) is 12.4. The number of hydrogen-bond donors (Lipinski definition) is 2. The third kappa shape index (κ3) is 4.63. The van der Waals surface area contributed by atoms with Gasteiger partial charge in [-0.3, -0.25) is 19.7 Å². The molecule has 0 spiro atoms. The Bertz CT molecular complexity index is 724. The van der Waals surface area contributed by atoms with Crippen molar-refractivity contribution in [3.05, 3.63) is 69.8 Å². The summed E-state index contributed by atoms with van der Waals surface area (Å²) in [5.41, 5.74) is 2.21. The van der Waals surface area contributed by atoms with Crippen molar-refractivity contribution < 1.29 is 14.5 Å². The van der Waals surface area contributed by atoms with E-state index in [-0.39, 0.29) is 12.2 Å². The molecule has 0 aliphatic carbocycles. The lowest BCUT2D eigenvalue weighted by molar-refractivity contribution is -0.384. The van der Waals surface area contributed by atoms with Crippen LogP contribution in [-0.2, 0) is 16.1 Å². The van der Waals surface area contributed by atoms with E-state index in [1.807, 2.05) is 31.2 Å². The molecule has 2 aromatic rings. The fourth-order valence-corrected chi connectivity index (χ4v) is 1.82. The number of carbonyl (C=O) groups excluding carboxylic acids is 2. The van der Waals surface area contributed by atoms with Crippen molar-refractivity contribution in [3.63, 3.8) is 0 Å². The summed E-state index contributed by atoms with van der Waals surface area (Å²) in [6, 6.07) is 12.8. The number of nitrogens with one attached hydrogen (secondary N) is 2. The normalized spacial score (nSPS) is 9.96. The van der Waals surface area contributed by atoms with E-state index in [4.69, 9.17) is 0 Å². The van der Waals surface area contributed by atoms with Crippen molar-refractivity contribution in [2.24, 2.45) is 0 Å². The Morgan fingerprint density at radius 2 is 1.61 bits per heavy atom. The smallest absolute Gasteiger partial charge is 0.313 e. The molecule has 23 heavy (non-hydrogen) atoms. The lowest BCUT2D eigenvalue weighted by atomic mass is 10.1. The first-order chi connectivity index (χ1) is 11.0.